The maximum Gasteiger partial charge on any atom is 0.259 e. The molecule has 2 atom stereocenters. The van der Waals surface area contributed by atoms with Crippen molar-refractivity contribution >= 4 is 5.91 Å². The molecular formula is C24H32N2O5. The monoisotopic (exact) mass is 428 g/mol. The zero-order valence-corrected chi connectivity index (χ0v) is 18.7. The van der Waals surface area contributed by atoms with Crippen molar-refractivity contribution in [2.75, 3.05) is 27.7 Å². The number of rotatable bonds is 12. The molecular weight excluding hydrogens is 396 g/mol. The Bertz CT molecular complexity index is 845. The van der Waals surface area contributed by atoms with Gasteiger partial charge in [-0.05, 0) is 42.2 Å². The molecule has 7 heteroatoms. The molecule has 0 saturated carbocycles. The van der Waals surface area contributed by atoms with Crippen molar-refractivity contribution in [2.24, 2.45) is 5.92 Å². The van der Waals surface area contributed by atoms with Crippen molar-refractivity contribution in [1.29, 1.82) is 0 Å². The number of methoxy groups -OCH3 is 2. The minimum Gasteiger partial charge on any atom is -0.489 e. The van der Waals surface area contributed by atoms with Gasteiger partial charge in [-0.1, -0.05) is 32.0 Å². The molecule has 1 saturated heterocycles. The van der Waals surface area contributed by atoms with Crippen molar-refractivity contribution in [3.63, 3.8) is 0 Å². The number of hydrogen-bond donors (Lipinski definition) is 0. The average molecular weight is 429 g/mol. The molecule has 2 heterocycles. The molecule has 1 fully saturated rings. The van der Waals surface area contributed by atoms with E-state index in [4.69, 9.17) is 18.9 Å². The van der Waals surface area contributed by atoms with Crippen molar-refractivity contribution in [3.05, 3.63) is 59.9 Å². The Kier molecular flexibility index (Phi) is 8.01. The summed E-state index contributed by atoms with van der Waals surface area (Å²) in [5.74, 6) is 1.11. The Morgan fingerprint density at radius 1 is 1.13 bits per heavy atom. The molecule has 1 amide bonds. The second-order valence-corrected chi connectivity index (χ2v) is 8.21. The number of carbonyl (C=O) groups is 1. The largest absolute Gasteiger partial charge is 0.489 e. The second kappa shape index (κ2) is 10.7. The Hall–Kier alpha value is -2.48. The highest BCUT2D eigenvalue weighted by Crippen LogP contribution is 2.40. The first-order chi connectivity index (χ1) is 15.0. The second-order valence-electron chi connectivity index (χ2n) is 8.21. The van der Waals surface area contributed by atoms with Gasteiger partial charge in [-0.3, -0.25) is 9.78 Å². The third-order valence-electron chi connectivity index (χ3n) is 5.41. The number of ether oxygens (including phenoxy) is 4. The van der Waals surface area contributed by atoms with E-state index in [1.165, 1.54) is 0 Å². The van der Waals surface area contributed by atoms with Crippen LogP contribution in [0.1, 0.15) is 31.5 Å². The van der Waals surface area contributed by atoms with Gasteiger partial charge in [-0.15, -0.1) is 0 Å². The van der Waals surface area contributed by atoms with Gasteiger partial charge in [0, 0.05) is 32.5 Å². The van der Waals surface area contributed by atoms with Crippen LogP contribution in [-0.2, 0) is 32.0 Å². The fourth-order valence-electron chi connectivity index (χ4n) is 4.00. The molecule has 168 valence electrons. The van der Waals surface area contributed by atoms with Crippen LogP contribution >= 0.6 is 0 Å². The van der Waals surface area contributed by atoms with Crippen LogP contribution < -0.4 is 4.74 Å². The van der Waals surface area contributed by atoms with E-state index in [1.54, 1.807) is 25.3 Å². The number of carbonyl (C=O) groups excluding carboxylic acids is 1. The summed E-state index contributed by atoms with van der Waals surface area (Å²) in [6.07, 6.45) is 2.91. The molecule has 1 aromatic heterocycles. The molecule has 31 heavy (non-hydrogen) atoms. The number of aromatic nitrogens is 1. The zero-order valence-electron chi connectivity index (χ0n) is 18.7. The molecule has 1 aliphatic heterocycles. The van der Waals surface area contributed by atoms with E-state index in [2.05, 4.69) is 18.8 Å². The zero-order chi connectivity index (χ0) is 22.3. The van der Waals surface area contributed by atoms with Gasteiger partial charge in [0.05, 0.1) is 6.04 Å². The normalized spacial score (nSPS) is 20.7. The lowest BCUT2D eigenvalue weighted by molar-refractivity contribution is -0.235. The first-order valence-corrected chi connectivity index (χ1v) is 10.5. The molecule has 7 nitrogen and oxygen atoms in total. The van der Waals surface area contributed by atoms with Crippen LogP contribution in [0.15, 0.2) is 48.7 Å². The van der Waals surface area contributed by atoms with Crippen molar-refractivity contribution in [2.45, 2.75) is 44.9 Å². The average Bonchev–Trinajstić information content (AvgIpc) is 2.78. The summed E-state index contributed by atoms with van der Waals surface area (Å²) in [4.78, 5) is 19.4. The highest BCUT2D eigenvalue weighted by molar-refractivity contribution is 5.93. The summed E-state index contributed by atoms with van der Waals surface area (Å²) in [5.41, 5.74) is 0.756. The summed E-state index contributed by atoms with van der Waals surface area (Å²) in [7, 11) is 3.15. The third kappa shape index (κ3) is 5.42. The smallest absolute Gasteiger partial charge is 0.259 e. The fraction of sp³-hybridized carbons (Fsp3) is 0.500. The van der Waals surface area contributed by atoms with Gasteiger partial charge in [-0.25, -0.2) is 0 Å². The predicted octanol–water partition coefficient (Wildman–Crippen LogP) is 3.42. The van der Waals surface area contributed by atoms with E-state index in [-0.39, 0.29) is 25.5 Å². The van der Waals surface area contributed by atoms with Crippen LogP contribution in [-0.4, -0.2) is 55.2 Å². The highest BCUT2D eigenvalue weighted by atomic mass is 16.7. The highest BCUT2D eigenvalue weighted by Gasteiger charge is 2.61. The van der Waals surface area contributed by atoms with Crippen LogP contribution in [0.4, 0.5) is 0 Å². The van der Waals surface area contributed by atoms with Crippen molar-refractivity contribution in [3.8, 4) is 5.75 Å². The van der Waals surface area contributed by atoms with Crippen molar-refractivity contribution < 1.29 is 23.7 Å². The Labute approximate surface area is 184 Å². The van der Waals surface area contributed by atoms with Crippen LogP contribution in [0.2, 0.25) is 0 Å². The van der Waals surface area contributed by atoms with Gasteiger partial charge >= 0.3 is 0 Å². The molecule has 0 unspecified atom stereocenters. The summed E-state index contributed by atoms with van der Waals surface area (Å²) < 4.78 is 22.3. The Balaban J connectivity index is 1.79. The number of benzene rings is 1. The van der Waals surface area contributed by atoms with E-state index in [0.717, 1.165) is 23.4 Å². The van der Waals surface area contributed by atoms with Crippen LogP contribution in [0, 0.1) is 5.92 Å². The summed E-state index contributed by atoms with van der Waals surface area (Å²) in [6, 6.07) is 13.4. The standard InChI is InChI=1S/C24H32N2O5/c1-18(2)12-22-24(31-17-29-4,23(27)26(22)16-28-3)14-20-13-19(10-11-25-20)15-30-21-8-6-5-7-9-21/h5-11,13,18,22H,12,14-17H2,1-4H3/t22-,24+/m0/s1. The third-order valence-corrected chi connectivity index (χ3v) is 5.41. The molecule has 0 aliphatic carbocycles. The topological polar surface area (TPSA) is 70.1 Å². The lowest BCUT2D eigenvalue weighted by Crippen LogP contribution is -2.76. The van der Waals surface area contributed by atoms with E-state index < -0.39 is 5.60 Å². The van der Waals surface area contributed by atoms with Gasteiger partial charge in [0.1, 0.15) is 25.9 Å². The summed E-state index contributed by atoms with van der Waals surface area (Å²) in [6.45, 7) is 4.97. The number of para-hydroxylation sites is 1. The maximum atomic E-state index is 13.2. The van der Waals surface area contributed by atoms with Crippen LogP contribution in [0.25, 0.3) is 0 Å². The fourth-order valence-corrected chi connectivity index (χ4v) is 4.00. The number of pyridine rings is 1. The van der Waals surface area contributed by atoms with Gasteiger partial charge in [0.15, 0.2) is 5.60 Å². The van der Waals surface area contributed by atoms with Gasteiger partial charge < -0.3 is 23.8 Å². The molecule has 0 spiro atoms. The van der Waals surface area contributed by atoms with Gasteiger partial charge in [0.2, 0.25) is 0 Å². The number of nitrogens with zero attached hydrogens (tertiary/aromatic N) is 2. The number of β-lactam (4-membered cyclic amide) rings is 1. The number of likely N-dealkylation sites (tertiary alicyclic amines) is 1. The van der Waals surface area contributed by atoms with Gasteiger partial charge in [-0.2, -0.15) is 0 Å². The molecule has 0 bridgehead atoms. The van der Waals surface area contributed by atoms with Crippen LogP contribution in [0.3, 0.4) is 0 Å². The first kappa shape index (κ1) is 23.2. The molecule has 2 aromatic rings. The first-order valence-electron chi connectivity index (χ1n) is 10.5. The van der Waals surface area contributed by atoms with E-state index in [0.29, 0.717) is 18.9 Å². The molecule has 0 N–H and O–H groups in total. The van der Waals surface area contributed by atoms with Crippen molar-refractivity contribution in [1.82, 2.24) is 9.88 Å². The van der Waals surface area contributed by atoms with E-state index in [1.807, 2.05) is 42.5 Å². The minimum absolute atomic E-state index is 0.0396. The lowest BCUT2D eigenvalue weighted by Gasteiger charge is -2.55. The van der Waals surface area contributed by atoms with E-state index >= 15 is 0 Å². The number of hydrogen-bond acceptors (Lipinski definition) is 6. The van der Waals surface area contributed by atoms with E-state index in [9.17, 15) is 4.79 Å². The minimum atomic E-state index is -1.01. The van der Waals surface area contributed by atoms with Crippen LogP contribution in [0.5, 0.6) is 5.75 Å². The molecule has 3 rings (SSSR count). The maximum absolute atomic E-state index is 13.2. The molecule has 1 aliphatic rings. The Morgan fingerprint density at radius 3 is 2.58 bits per heavy atom. The summed E-state index contributed by atoms with van der Waals surface area (Å²) >= 11 is 0. The SMILES string of the molecule is COCO[C@@]1(Cc2cc(COc3ccccc3)ccn2)C(=O)N(COC)[C@H]1CC(C)C. The summed E-state index contributed by atoms with van der Waals surface area (Å²) in [5, 5.41) is 0. The lowest BCUT2D eigenvalue weighted by atomic mass is 9.75. The Morgan fingerprint density at radius 2 is 1.90 bits per heavy atom. The number of amides is 1. The molecule has 0 radical (unpaired) electrons. The molecule has 1 aromatic carbocycles. The predicted molar refractivity (Wildman–Crippen MR) is 116 cm³/mol. The quantitative estimate of drug-likeness (QED) is 0.381. The van der Waals surface area contributed by atoms with Gasteiger partial charge in [0.25, 0.3) is 5.91 Å².